The Labute approximate surface area is 227 Å². The molecule has 0 aromatic heterocycles. The molecule has 2 rings (SSSR count). The van der Waals surface area contributed by atoms with Crippen LogP contribution in [0.5, 0.6) is 0 Å². The Morgan fingerprint density at radius 3 is 0.698 bits per heavy atom. The fraction of sp³-hybridized carbons (Fsp3) is 0.429. The van der Waals surface area contributed by atoms with Crippen LogP contribution in [0.2, 0.25) is 0 Å². The molecule has 246 valence electrons. The van der Waals surface area contributed by atoms with Crippen LogP contribution in [0.4, 0.5) is 79.0 Å². The van der Waals surface area contributed by atoms with E-state index in [1.807, 2.05) is 0 Å². The first-order valence-electron chi connectivity index (χ1n) is 10.7. The molecular formula is C21H13F18O3P. The molecule has 0 aliphatic carbocycles. The Balaban J connectivity index is 3.39. The van der Waals surface area contributed by atoms with Gasteiger partial charge in [-0.1, -0.05) is 0 Å². The summed E-state index contributed by atoms with van der Waals surface area (Å²) >= 11 is 0. The van der Waals surface area contributed by atoms with Gasteiger partial charge in [-0.2, -0.15) is 0 Å². The summed E-state index contributed by atoms with van der Waals surface area (Å²) in [6, 6.07) is 3.03. The van der Waals surface area contributed by atoms with Gasteiger partial charge in [-0.05, 0) is 0 Å². The maximum absolute atomic E-state index is 13.7. The van der Waals surface area contributed by atoms with Crippen molar-refractivity contribution in [3.63, 3.8) is 0 Å². The zero-order chi connectivity index (χ0) is 33.5. The first kappa shape index (κ1) is 36.7. The molecule has 0 spiro atoms. The van der Waals surface area contributed by atoms with Crippen LogP contribution >= 0.6 is 7.28 Å². The summed E-state index contributed by atoms with van der Waals surface area (Å²) in [7, 11) is -8.81. The standard InChI is InChI=1S/C21H13F18O3P/c22-16(23,24)13(17(25,26)27)40-43(11-7-3-1-4-8-11,12-9-5-2-6-10-12,41-14(18(28,29)30)19(31,32)33)42-15(20(34,35)36)21(37,38)39/h1-10,13-15H. The average molecular weight is 686 g/mol. The van der Waals surface area contributed by atoms with Gasteiger partial charge in [-0.15, -0.1) is 0 Å². The van der Waals surface area contributed by atoms with Gasteiger partial charge < -0.3 is 0 Å². The predicted molar refractivity (Wildman–Crippen MR) is 110 cm³/mol. The van der Waals surface area contributed by atoms with E-state index >= 15 is 0 Å². The SMILES string of the molecule is FC(F)(F)C(OP(OC(C(F)(F)F)C(F)(F)F)(OC(C(F)(F)F)C(F)(F)F)(c1ccccc1)c1ccccc1)C(F)(F)F. The van der Waals surface area contributed by atoms with E-state index in [0.29, 0.717) is 24.3 Å². The quantitative estimate of drug-likeness (QED) is 0.206. The van der Waals surface area contributed by atoms with Gasteiger partial charge in [-0.3, -0.25) is 0 Å². The zero-order valence-corrected chi connectivity index (χ0v) is 20.9. The molecule has 0 saturated heterocycles. The Morgan fingerprint density at radius 2 is 0.535 bits per heavy atom. The average Bonchev–Trinajstić information content (AvgIpc) is 2.81. The van der Waals surface area contributed by atoms with Gasteiger partial charge in [0.25, 0.3) is 0 Å². The Morgan fingerprint density at radius 1 is 0.349 bits per heavy atom. The molecule has 43 heavy (non-hydrogen) atoms. The second-order valence-corrected chi connectivity index (χ2v) is 11.7. The van der Waals surface area contributed by atoms with Crippen LogP contribution in [-0.4, -0.2) is 55.4 Å². The number of hydrogen-bond acceptors (Lipinski definition) is 3. The Bertz CT molecular complexity index is 1030. The first-order chi connectivity index (χ1) is 19.1. The third-order valence-electron chi connectivity index (χ3n) is 5.08. The van der Waals surface area contributed by atoms with E-state index < -0.39 is 73.3 Å². The molecule has 0 fully saturated rings. The molecule has 0 radical (unpaired) electrons. The van der Waals surface area contributed by atoms with Crippen LogP contribution in [0.25, 0.3) is 0 Å². The van der Waals surface area contributed by atoms with Crippen molar-refractivity contribution >= 4 is 17.9 Å². The van der Waals surface area contributed by atoms with Crippen molar-refractivity contribution in [2.45, 2.75) is 55.4 Å². The van der Waals surface area contributed by atoms with Crippen LogP contribution in [0.15, 0.2) is 60.7 Å². The van der Waals surface area contributed by atoms with E-state index in [-0.39, 0.29) is 24.3 Å². The fourth-order valence-electron chi connectivity index (χ4n) is 3.45. The first-order valence-corrected chi connectivity index (χ1v) is 12.6. The van der Waals surface area contributed by atoms with Crippen molar-refractivity contribution in [3.05, 3.63) is 60.7 Å². The molecule has 2 aromatic carbocycles. The van der Waals surface area contributed by atoms with E-state index in [1.54, 1.807) is 0 Å². The van der Waals surface area contributed by atoms with E-state index in [0.717, 1.165) is 12.1 Å². The summed E-state index contributed by atoms with van der Waals surface area (Å²) in [6.45, 7) is 0. The molecule has 0 N–H and O–H groups in total. The topological polar surface area (TPSA) is 27.7 Å². The molecule has 0 bridgehead atoms. The van der Waals surface area contributed by atoms with Gasteiger partial charge in [-0.25, -0.2) is 0 Å². The minimum atomic E-state index is -8.81. The molecule has 0 unspecified atom stereocenters. The van der Waals surface area contributed by atoms with Gasteiger partial charge in [0.2, 0.25) is 0 Å². The number of benzene rings is 2. The second kappa shape index (κ2) is 11.4. The predicted octanol–water partition coefficient (Wildman–Crippen LogP) is 8.47. The number of halogens is 18. The molecule has 3 nitrogen and oxygen atoms in total. The van der Waals surface area contributed by atoms with E-state index in [1.165, 1.54) is 0 Å². The third-order valence-corrected chi connectivity index (χ3v) is 9.24. The molecule has 0 aliphatic rings. The van der Waals surface area contributed by atoms with Gasteiger partial charge in [0, 0.05) is 0 Å². The van der Waals surface area contributed by atoms with E-state index in [2.05, 4.69) is 13.6 Å². The van der Waals surface area contributed by atoms with Crippen LogP contribution < -0.4 is 10.6 Å². The maximum atomic E-state index is 13.7. The molecule has 0 aliphatic heterocycles. The Hall–Kier alpha value is -2.51. The van der Waals surface area contributed by atoms with Crippen molar-refractivity contribution < 1.29 is 92.6 Å². The molecule has 0 amide bonds. The van der Waals surface area contributed by atoms with Crippen molar-refractivity contribution in [1.82, 2.24) is 0 Å². The van der Waals surface area contributed by atoms with Crippen molar-refractivity contribution in [2.75, 3.05) is 0 Å². The van der Waals surface area contributed by atoms with E-state index in [9.17, 15) is 79.0 Å². The summed E-state index contributed by atoms with van der Waals surface area (Å²) in [5.41, 5.74) is 0. The molecule has 2 aromatic rings. The third kappa shape index (κ3) is 7.96. The fourth-order valence-corrected chi connectivity index (χ4v) is 7.86. The molecular weight excluding hydrogens is 673 g/mol. The normalized spacial score (nSPS) is 15.7. The van der Waals surface area contributed by atoms with Crippen molar-refractivity contribution in [2.24, 2.45) is 0 Å². The van der Waals surface area contributed by atoms with E-state index in [4.69, 9.17) is 0 Å². The summed E-state index contributed by atoms with van der Waals surface area (Å²) in [5.74, 6) is 0. The minimum absolute atomic E-state index is 0.0255. The number of rotatable bonds is 8. The van der Waals surface area contributed by atoms with Crippen LogP contribution in [0, 0.1) is 0 Å². The second-order valence-electron chi connectivity index (χ2n) is 8.26. The van der Waals surface area contributed by atoms with Crippen LogP contribution in [-0.2, 0) is 13.6 Å². The number of hydrogen-bond donors (Lipinski definition) is 0. The number of alkyl halides is 18. The molecule has 0 saturated carbocycles. The van der Waals surface area contributed by atoms with Gasteiger partial charge in [0.1, 0.15) is 0 Å². The van der Waals surface area contributed by atoms with Gasteiger partial charge >= 0.3 is 227 Å². The zero-order valence-electron chi connectivity index (χ0n) is 20.0. The molecule has 0 atom stereocenters. The summed E-state index contributed by atoms with van der Waals surface area (Å²) < 4.78 is 259. The monoisotopic (exact) mass is 686 g/mol. The van der Waals surface area contributed by atoms with Crippen LogP contribution in [0.3, 0.4) is 0 Å². The summed E-state index contributed by atoms with van der Waals surface area (Å²) in [5, 5.41) is -4.06. The molecule has 0 heterocycles. The van der Waals surface area contributed by atoms with Gasteiger partial charge in [0.15, 0.2) is 0 Å². The van der Waals surface area contributed by atoms with Crippen molar-refractivity contribution in [1.29, 1.82) is 0 Å². The molecule has 22 heteroatoms. The summed E-state index contributed by atoms with van der Waals surface area (Å²) in [6.07, 6.45) is -58.8. The Kier molecular flexibility index (Phi) is 9.76. The van der Waals surface area contributed by atoms with Gasteiger partial charge in [0.05, 0.1) is 0 Å². The van der Waals surface area contributed by atoms with Crippen LogP contribution in [0.1, 0.15) is 0 Å². The summed E-state index contributed by atoms with van der Waals surface area (Å²) in [4.78, 5) is 0. The van der Waals surface area contributed by atoms with Crippen molar-refractivity contribution in [3.8, 4) is 0 Å².